The molecule has 0 aliphatic heterocycles. The second-order valence-corrected chi connectivity index (χ2v) is 4.00. The zero-order chi connectivity index (χ0) is 11.5. The molecule has 0 unspecified atom stereocenters. The summed E-state index contributed by atoms with van der Waals surface area (Å²) in [4.78, 5) is 0. The van der Waals surface area contributed by atoms with Gasteiger partial charge in [0.15, 0.2) is 0 Å². The molecule has 2 aromatic carbocycles. The third kappa shape index (κ3) is 1.94. The van der Waals surface area contributed by atoms with Gasteiger partial charge in [0.1, 0.15) is 5.75 Å². The number of benzene rings is 2. The SMILES string of the molecule is COc1cccc(-c2c(C)cccc2C)c1. The average Bonchev–Trinajstić information content (AvgIpc) is 2.29. The van der Waals surface area contributed by atoms with E-state index in [9.17, 15) is 0 Å². The van der Waals surface area contributed by atoms with Crippen LogP contribution < -0.4 is 4.74 Å². The molecule has 0 aromatic heterocycles. The Bertz CT molecular complexity index is 480. The lowest BCUT2D eigenvalue weighted by Gasteiger charge is -2.10. The van der Waals surface area contributed by atoms with Crippen LogP contribution in [0.1, 0.15) is 11.1 Å². The Morgan fingerprint density at radius 1 is 0.875 bits per heavy atom. The first-order valence-corrected chi connectivity index (χ1v) is 5.43. The molecule has 0 heterocycles. The van der Waals surface area contributed by atoms with Crippen molar-refractivity contribution in [3.05, 3.63) is 53.6 Å². The first-order chi connectivity index (χ1) is 7.72. The van der Waals surface area contributed by atoms with Gasteiger partial charge in [-0.15, -0.1) is 0 Å². The molecule has 0 atom stereocenters. The highest BCUT2D eigenvalue weighted by molar-refractivity contribution is 5.71. The average molecular weight is 212 g/mol. The minimum absolute atomic E-state index is 0.903. The van der Waals surface area contributed by atoms with E-state index < -0.39 is 0 Å². The smallest absolute Gasteiger partial charge is 0.119 e. The van der Waals surface area contributed by atoms with Crippen LogP contribution in [0.4, 0.5) is 0 Å². The van der Waals surface area contributed by atoms with E-state index in [2.05, 4.69) is 44.2 Å². The Kier molecular flexibility index (Phi) is 2.95. The fourth-order valence-corrected chi connectivity index (χ4v) is 2.05. The van der Waals surface area contributed by atoms with Gasteiger partial charge in [0.05, 0.1) is 7.11 Å². The lowest BCUT2D eigenvalue weighted by atomic mass is 9.96. The monoisotopic (exact) mass is 212 g/mol. The van der Waals surface area contributed by atoms with Crippen LogP contribution in [0.5, 0.6) is 5.75 Å². The number of hydrogen-bond donors (Lipinski definition) is 0. The molecule has 0 aliphatic rings. The first kappa shape index (κ1) is 10.7. The van der Waals surface area contributed by atoms with Crippen LogP contribution in [0.25, 0.3) is 11.1 Å². The minimum atomic E-state index is 0.903. The maximum atomic E-state index is 5.26. The van der Waals surface area contributed by atoms with E-state index in [1.807, 2.05) is 12.1 Å². The largest absolute Gasteiger partial charge is 0.497 e. The van der Waals surface area contributed by atoms with Gasteiger partial charge in [-0.1, -0.05) is 30.3 Å². The van der Waals surface area contributed by atoms with Crippen LogP contribution in [-0.2, 0) is 0 Å². The maximum absolute atomic E-state index is 5.26. The second kappa shape index (κ2) is 4.40. The summed E-state index contributed by atoms with van der Waals surface area (Å²) in [7, 11) is 1.70. The molecule has 0 saturated carbocycles. The maximum Gasteiger partial charge on any atom is 0.119 e. The molecule has 1 nitrogen and oxygen atoms in total. The van der Waals surface area contributed by atoms with Crippen molar-refractivity contribution in [2.75, 3.05) is 7.11 Å². The van der Waals surface area contributed by atoms with Crippen molar-refractivity contribution in [3.8, 4) is 16.9 Å². The van der Waals surface area contributed by atoms with Crippen molar-refractivity contribution in [1.82, 2.24) is 0 Å². The van der Waals surface area contributed by atoms with E-state index in [0.717, 1.165) is 5.75 Å². The Morgan fingerprint density at radius 3 is 2.12 bits per heavy atom. The van der Waals surface area contributed by atoms with Crippen molar-refractivity contribution in [2.24, 2.45) is 0 Å². The lowest BCUT2D eigenvalue weighted by Crippen LogP contribution is -1.89. The molecule has 2 rings (SSSR count). The molecule has 0 fully saturated rings. The summed E-state index contributed by atoms with van der Waals surface area (Å²) in [5.74, 6) is 0.903. The Labute approximate surface area is 96.7 Å². The van der Waals surface area contributed by atoms with Crippen molar-refractivity contribution in [2.45, 2.75) is 13.8 Å². The van der Waals surface area contributed by atoms with Crippen molar-refractivity contribution >= 4 is 0 Å². The Morgan fingerprint density at radius 2 is 1.50 bits per heavy atom. The summed E-state index contributed by atoms with van der Waals surface area (Å²) >= 11 is 0. The van der Waals surface area contributed by atoms with E-state index in [1.54, 1.807) is 7.11 Å². The van der Waals surface area contributed by atoms with E-state index in [4.69, 9.17) is 4.74 Å². The van der Waals surface area contributed by atoms with Crippen LogP contribution >= 0.6 is 0 Å². The van der Waals surface area contributed by atoms with Gasteiger partial charge < -0.3 is 4.74 Å². The van der Waals surface area contributed by atoms with Crippen LogP contribution in [0, 0.1) is 13.8 Å². The van der Waals surface area contributed by atoms with Crippen LogP contribution in [0.2, 0.25) is 0 Å². The summed E-state index contributed by atoms with van der Waals surface area (Å²) in [5, 5.41) is 0. The van der Waals surface area contributed by atoms with Gasteiger partial charge in [-0.25, -0.2) is 0 Å². The van der Waals surface area contributed by atoms with Gasteiger partial charge >= 0.3 is 0 Å². The molecule has 0 spiro atoms. The first-order valence-electron chi connectivity index (χ1n) is 5.43. The summed E-state index contributed by atoms with van der Waals surface area (Å²) < 4.78 is 5.26. The van der Waals surface area contributed by atoms with Gasteiger partial charge in [-0.2, -0.15) is 0 Å². The summed E-state index contributed by atoms with van der Waals surface area (Å²) in [6.45, 7) is 4.28. The molecule has 0 N–H and O–H groups in total. The van der Waals surface area contributed by atoms with Crippen LogP contribution in [0.15, 0.2) is 42.5 Å². The fraction of sp³-hybridized carbons (Fsp3) is 0.200. The highest BCUT2D eigenvalue weighted by Gasteiger charge is 2.05. The van der Waals surface area contributed by atoms with Gasteiger partial charge in [0.2, 0.25) is 0 Å². The summed E-state index contributed by atoms with van der Waals surface area (Å²) in [5.41, 5.74) is 5.12. The molecule has 16 heavy (non-hydrogen) atoms. The van der Waals surface area contributed by atoms with E-state index >= 15 is 0 Å². The van der Waals surface area contributed by atoms with E-state index in [0.29, 0.717) is 0 Å². The van der Waals surface area contributed by atoms with Crippen molar-refractivity contribution in [1.29, 1.82) is 0 Å². The zero-order valence-corrected chi connectivity index (χ0v) is 9.95. The number of ether oxygens (including phenoxy) is 1. The Balaban J connectivity index is 2.58. The molecular formula is C15H16O. The van der Waals surface area contributed by atoms with Gasteiger partial charge in [0, 0.05) is 0 Å². The van der Waals surface area contributed by atoms with Gasteiger partial charge in [-0.05, 0) is 48.2 Å². The molecule has 0 bridgehead atoms. The number of aryl methyl sites for hydroxylation is 2. The molecule has 1 heteroatoms. The standard InChI is InChI=1S/C15H16O/c1-11-6-4-7-12(2)15(11)13-8-5-9-14(10-13)16-3/h4-10H,1-3H3. The summed E-state index contributed by atoms with van der Waals surface area (Å²) in [6, 6.07) is 14.6. The van der Waals surface area contributed by atoms with Crippen LogP contribution in [0.3, 0.4) is 0 Å². The number of rotatable bonds is 2. The molecular weight excluding hydrogens is 196 g/mol. The molecule has 0 aliphatic carbocycles. The number of hydrogen-bond acceptors (Lipinski definition) is 1. The molecule has 2 aromatic rings. The second-order valence-electron chi connectivity index (χ2n) is 4.00. The number of methoxy groups -OCH3 is 1. The third-order valence-corrected chi connectivity index (χ3v) is 2.84. The normalized spacial score (nSPS) is 10.2. The van der Waals surface area contributed by atoms with Gasteiger partial charge in [0.25, 0.3) is 0 Å². The molecule has 0 radical (unpaired) electrons. The van der Waals surface area contributed by atoms with Crippen LogP contribution in [-0.4, -0.2) is 7.11 Å². The lowest BCUT2D eigenvalue weighted by molar-refractivity contribution is 0.415. The zero-order valence-electron chi connectivity index (χ0n) is 9.95. The minimum Gasteiger partial charge on any atom is -0.497 e. The Hall–Kier alpha value is -1.76. The van der Waals surface area contributed by atoms with E-state index in [1.165, 1.54) is 22.3 Å². The fourth-order valence-electron chi connectivity index (χ4n) is 2.05. The third-order valence-electron chi connectivity index (χ3n) is 2.84. The van der Waals surface area contributed by atoms with E-state index in [-0.39, 0.29) is 0 Å². The van der Waals surface area contributed by atoms with Gasteiger partial charge in [-0.3, -0.25) is 0 Å². The summed E-state index contributed by atoms with van der Waals surface area (Å²) in [6.07, 6.45) is 0. The quantitative estimate of drug-likeness (QED) is 0.731. The molecule has 0 amide bonds. The van der Waals surface area contributed by atoms with Crippen molar-refractivity contribution < 1.29 is 4.74 Å². The highest BCUT2D eigenvalue weighted by atomic mass is 16.5. The van der Waals surface area contributed by atoms with Crippen molar-refractivity contribution in [3.63, 3.8) is 0 Å². The highest BCUT2D eigenvalue weighted by Crippen LogP contribution is 2.29. The topological polar surface area (TPSA) is 9.23 Å². The molecule has 0 saturated heterocycles. The molecule has 82 valence electrons. The predicted octanol–water partition coefficient (Wildman–Crippen LogP) is 3.98. The predicted molar refractivity (Wildman–Crippen MR) is 67.9 cm³/mol.